The van der Waals surface area contributed by atoms with Crippen LogP contribution in [-0.4, -0.2) is 123 Å². The van der Waals surface area contributed by atoms with Crippen molar-refractivity contribution in [2.75, 3.05) is 89.2 Å². The lowest BCUT2D eigenvalue weighted by Gasteiger charge is -2.41. The first-order valence-corrected chi connectivity index (χ1v) is 25.6. The zero-order valence-corrected chi connectivity index (χ0v) is 40.7. The van der Waals surface area contributed by atoms with Crippen LogP contribution in [0.1, 0.15) is 81.0 Å². The number of fused-ring (bicyclic) bond motifs is 4. The SMILES string of the molecule is C.Clc1ccc2c(c1)NCC21CCNCC1.O=C(OCc1ccccc1)N1CCC(C2CO2)CC1.O=C(OCc1ccccc1)N1CCC([C@H](O)CN2CCC3(CC2)CNc2cc(Cl)ccc23)CC1. The number of ether oxygens (including phenoxy) is 3. The van der Waals surface area contributed by atoms with Gasteiger partial charge in [0.05, 0.1) is 18.8 Å². The maximum atomic E-state index is 12.4. The van der Waals surface area contributed by atoms with Crippen LogP contribution >= 0.6 is 23.2 Å². The Kier molecular flexibility index (Phi) is 17.4. The first-order valence-electron chi connectivity index (χ1n) is 24.9. The molecule has 0 radical (unpaired) electrons. The Labute approximate surface area is 419 Å². The van der Waals surface area contributed by atoms with E-state index < -0.39 is 0 Å². The minimum Gasteiger partial charge on any atom is -0.445 e. The van der Waals surface area contributed by atoms with Crippen LogP contribution in [0.3, 0.4) is 0 Å². The predicted molar refractivity (Wildman–Crippen MR) is 275 cm³/mol. The zero-order chi connectivity index (χ0) is 46.9. The lowest BCUT2D eigenvalue weighted by Crippen LogP contribution is -2.48. The number of carbonyl (C=O) groups excluding carboxylic acids is 2. The molecule has 14 heteroatoms. The minimum absolute atomic E-state index is 0. The topological polar surface area (TPSA) is 131 Å². The molecule has 0 saturated carbocycles. The third-order valence-corrected chi connectivity index (χ3v) is 16.1. The number of likely N-dealkylation sites (tertiary alicyclic amines) is 3. The van der Waals surface area contributed by atoms with Gasteiger partial charge in [0, 0.05) is 78.1 Å². The molecular weight excluding hydrogens is 912 g/mol. The third-order valence-electron chi connectivity index (χ3n) is 15.6. The summed E-state index contributed by atoms with van der Waals surface area (Å²) >= 11 is 12.2. The molecule has 4 aromatic rings. The van der Waals surface area contributed by atoms with Gasteiger partial charge in [0.1, 0.15) is 13.2 Å². The molecular formula is C55H72Cl2N6O6. The molecule has 69 heavy (non-hydrogen) atoms. The van der Waals surface area contributed by atoms with Crippen molar-refractivity contribution >= 4 is 46.8 Å². The number of halogens is 2. The van der Waals surface area contributed by atoms with Gasteiger partial charge in [-0.25, -0.2) is 9.59 Å². The molecule has 2 spiro atoms. The number of benzene rings is 4. The molecule has 372 valence electrons. The van der Waals surface area contributed by atoms with E-state index in [4.69, 9.17) is 37.4 Å². The van der Waals surface area contributed by atoms with Gasteiger partial charge in [-0.3, -0.25) is 0 Å². The summed E-state index contributed by atoms with van der Waals surface area (Å²) in [5.41, 5.74) is 7.84. The fraction of sp³-hybridized carbons (Fsp3) is 0.527. The fourth-order valence-corrected chi connectivity index (χ4v) is 11.6. The normalized spacial score (nSPS) is 21.7. The molecule has 0 bridgehead atoms. The first-order chi connectivity index (χ1) is 33.1. The maximum absolute atomic E-state index is 12.4. The number of nitrogens with one attached hydrogen (secondary N) is 3. The monoisotopic (exact) mass is 982 g/mol. The van der Waals surface area contributed by atoms with Crippen molar-refractivity contribution in [1.82, 2.24) is 20.0 Å². The second-order valence-corrected chi connectivity index (χ2v) is 20.7. The minimum atomic E-state index is -0.357. The first kappa shape index (κ1) is 50.8. The van der Waals surface area contributed by atoms with Crippen molar-refractivity contribution in [1.29, 1.82) is 0 Å². The highest BCUT2D eigenvalue weighted by Gasteiger charge is 2.43. The highest BCUT2D eigenvalue weighted by molar-refractivity contribution is 6.31. The summed E-state index contributed by atoms with van der Waals surface area (Å²) in [5.74, 6) is 0.864. The second-order valence-electron chi connectivity index (χ2n) is 19.9. The van der Waals surface area contributed by atoms with Crippen LogP contribution in [0.4, 0.5) is 21.0 Å². The standard InChI is InChI=1S/C27H34ClN3O3.C15H19NO3.C12H15ClN2.CH4/c28-22-6-7-23-24(16-22)29-19-27(23)10-14-30(15-11-27)17-25(32)21-8-12-31(13-9-21)26(33)34-18-20-4-2-1-3-5-20;17-15(19-10-12-4-2-1-3-5-12)16-8-6-13(7-9-16)14-11-18-14;13-9-1-2-10-11(7-9)15-8-12(10)3-5-14-6-4-12;/h1-7,16,21,25,29,32H,8-15,17-19H2;1-5,13-14H,6-11H2;1-2,7,14-15H,3-6,8H2;1H4/t25-;;;/m1.../s1. The third kappa shape index (κ3) is 12.9. The highest BCUT2D eigenvalue weighted by atomic mass is 35.5. The molecule has 11 rings (SSSR count). The van der Waals surface area contributed by atoms with Crippen LogP contribution in [0.2, 0.25) is 10.0 Å². The summed E-state index contributed by atoms with van der Waals surface area (Å²) in [4.78, 5) is 30.3. The number of aliphatic hydroxyl groups is 1. The molecule has 0 aromatic heterocycles. The lowest BCUT2D eigenvalue weighted by atomic mass is 9.74. The van der Waals surface area contributed by atoms with Crippen LogP contribution in [0.25, 0.3) is 0 Å². The Hall–Kier alpha value is -4.56. The number of hydrogen-bond donors (Lipinski definition) is 4. The summed E-state index contributed by atoms with van der Waals surface area (Å²) in [6.07, 6.45) is 7.99. The average molecular weight is 984 g/mol. The van der Waals surface area contributed by atoms with Crippen LogP contribution < -0.4 is 16.0 Å². The Bertz CT molecular complexity index is 2270. The summed E-state index contributed by atoms with van der Waals surface area (Å²) in [5, 5.41) is 23.0. The summed E-state index contributed by atoms with van der Waals surface area (Å²) in [7, 11) is 0. The number of aliphatic hydroxyl groups excluding tert-OH is 1. The molecule has 4 N–H and O–H groups in total. The largest absolute Gasteiger partial charge is 0.445 e. The van der Waals surface area contributed by atoms with Gasteiger partial charge in [0.25, 0.3) is 0 Å². The van der Waals surface area contributed by atoms with Gasteiger partial charge in [0.15, 0.2) is 0 Å². The molecule has 7 heterocycles. The summed E-state index contributed by atoms with van der Waals surface area (Å²) in [6.45, 7) is 11.4. The number of piperidine rings is 4. The van der Waals surface area contributed by atoms with E-state index in [2.05, 4.69) is 33.0 Å². The lowest BCUT2D eigenvalue weighted by molar-refractivity contribution is 0.0179. The molecule has 12 nitrogen and oxygen atoms in total. The molecule has 4 aromatic carbocycles. The maximum Gasteiger partial charge on any atom is 0.410 e. The number of epoxide rings is 1. The molecule has 2 atom stereocenters. The number of nitrogens with zero attached hydrogens (tertiary/aromatic N) is 3. The number of anilines is 2. The Morgan fingerprint density at radius 3 is 1.61 bits per heavy atom. The molecule has 0 aliphatic carbocycles. The van der Waals surface area contributed by atoms with Crippen LogP contribution in [-0.2, 0) is 38.3 Å². The van der Waals surface area contributed by atoms with Gasteiger partial charge in [-0.05, 0) is 136 Å². The second kappa shape index (κ2) is 23.6. The van der Waals surface area contributed by atoms with Gasteiger partial charge < -0.3 is 50.0 Å². The van der Waals surface area contributed by atoms with Crippen LogP contribution in [0.5, 0.6) is 0 Å². The van der Waals surface area contributed by atoms with Crippen molar-refractivity contribution < 1.29 is 28.9 Å². The van der Waals surface area contributed by atoms with Gasteiger partial charge in [-0.15, -0.1) is 0 Å². The smallest absolute Gasteiger partial charge is 0.410 e. The quantitative estimate of drug-likeness (QED) is 0.127. The number of β-amino-alcohol motifs (C(OH)–C–C–N with tert-alkyl or cyclic N) is 1. The number of hydrogen-bond acceptors (Lipinski definition) is 10. The summed E-state index contributed by atoms with van der Waals surface area (Å²) in [6, 6.07) is 32.0. The van der Waals surface area contributed by atoms with E-state index in [0.29, 0.717) is 50.3 Å². The Morgan fingerprint density at radius 2 is 1.13 bits per heavy atom. The van der Waals surface area contributed by atoms with Crippen LogP contribution in [0, 0.1) is 11.8 Å². The number of rotatable bonds is 8. The average Bonchev–Trinajstić information content (AvgIpc) is 4.11. The van der Waals surface area contributed by atoms with E-state index in [1.807, 2.05) is 89.8 Å². The number of carbonyl (C=O) groups is 2. The molecule has 5 fully saturated rings. The van der Waals surface area contributed by atoms with E-state index in [-0.39, 0.29) is 37.0 Å². The van der Waals surface area contributed by atoms with Crippen molar-refractivity contribution in [3.05, 3.63) is 129 Å². The Balaban J connectivity index is 0.000000154. The van der Waals surface area contributed by atoms with Crippen molar-refractivity contribution in [2.45, 2.75) is 95.0 Å². The summed E-state index contributed by atoms with van der Waals surface area (Å²) < 4.78 is 16.1. The van der Waals surface area contributed by atoms with Gasteiger partial charge in [-0.2, -0.15) is 0 Å². The highest BCUT2D eigenvalue weighted by Crippen LogP contribution is 2.46. The van der Waals surface area contributed by atoms with E-state index in [1.54, 1.807) is 4.90 Å². The molecule has 5 saturated heterocycles. The van der Waals surface area contributed by atoms with E-state index in [1.165, 1.54) is 35.3 Å². The fourth-order valence-electron chi connectivity index (χ4n) is 11.2. The van der Waals surface area contributed by atoms with E-state index in [9.17, 15) is 14.7 Å². The van der Waals surface area contributed by atoms with Gasteiger partial charge >= 0.3 is 12.2 Å². The van der Waals surface area contributed by atoms with E-state index >= 15 is 0 Å². The van der Waals surface area contributed by atoms with Crippen LogP contribution in [0.15, 0.2) is 97.1 Å². The van der Waals surface area contributed by atoms with Gasteiger partial charge in [0.2, 0.25) is 0 Å². The van der Waals surface area contributed by atoms with Crippen molar-refractivity contribution in [3.8, 4) is 0 Å². The van der Waals surface area contributed by atoms with Crippen molar-refractivity contribution in [3.63, 3.8) is 0 Å². The molecule has 1 unspecified atom stereocenters. The van der Waals surface area contributed by atoms with Gasteiger partial charge in [-0.1, -0.05) is 103 Å². The molecule has 7 aliphatic rings. The van der Waals surface area contributed by atoms with E-state index in [0.717, 1.165) is 119 Å². The number of amides is 2. The Morgan fingerprint density at radius 1 is 0.667 bits per heavy atom. The van der Waals surface area contributed by atoms with Crippen molar-refractivity contribution in [2.24, 2.45) is 11.8 Å². The predicted octanol–water partition coefficient (Wildman–Crippen LogP) is 9.97. The molecule has 2 amide bonds. The molecule has 7 aliphatic heterocycles. The zero-order valence-electron chi connectivity index (χ0n) is 39.2.